The fourth-order valence-electron chi connectivity index (χ4n) is 3.60. The van der Waals surface area contributed by atoms with Crippen LogP contribution in [0, 0.1) is 13.8 Å². The van der Waals surface area contributed by atoms with Crippen molar-refractivity contribution in [3.05, 3.63) is 28.8 Å². The quantitative estimate of drug-likeness (QED) is 0.839. The molecule has 0 amide bonds. The molecular weight excluding hydrogens is 236 g/mol. The van der Waals surface area contributed by atoms with Gasteiger partial charge in [0.15, 0.2) is 0 Å². The minimum Gasteiger partial charge on any atom is -0.485 e. The maximum atomic E-state index is 6.43. The van der Waals surface area contributed by atoms with E-state index in [-0.39, 0.29) is 5.60 Å². The Kier molecular flexibility index (Phi) is 3.06. The molecule has 2 aliphatic rings. The molecule has 1 N–H and O–H groups in total. The van der Waals surface area contributed by atoms with Crippen molar-refractivity contribution in [3.63, 3.8) is 0 Å². The van der Waals surface area contributed by atoms with Crippen molar-refractivity contribution in [2.75, 3.05) is 27.2 Å². The van der Waals surface area contributed by atoms with Gasteiger partial charge in [-0.15, -0.1) is 0 Å². The number of ether oxygens (including phenoxy) is 1. The molecule has 2 heterocycles. The van der Waals surface area contributed by atoms with Gasteiger partial charge in [-0.25, -0.2) is 0 Å². The summed E-state index contributed by atoms with van der Waals surface area (Å²) in [6.07, 6.45) is 2.20. The van der Waals surface area contributed by atoms with Crippen LogP contribution < -0.4 is 10.1 Å². The molecule has 2 atom stereocenters. The van der Waals surface area contributed by atoms with Gasteiger partial charge in [0.1, 0.15) is 11.4 Å². The monoisotopic (exact) mass is 260 g/mol. The van der Waals surface area contributed by atoms with Gasteiger partial charge >= 0.3 is 0 Å². The van der Waals surface area contributed by atoms with Crippen molar-refractivity contribution in [3.8, 4) is 5.75 Å². The van der Waals surface area contributed by atoms with Gasteiger partial charge in [0.05, 0.1) is 0 Å². The van der Waals surface area contributed by atoms with Crippen molar-refractivity contribution >= 4 is 0 Å². The zero-order chi connectivity index (χ0) is 13.6. The minimum absolute atomic E-state index is 0.00215. The van der Waals surface area contributed by atoms with Gasteiger partial charge in [-0.3, -0.25) is 0 Å². The van der Waals surface area contributed by atoms with E-state index in [0.717, 1.165) is 31.7 Å². The molecule has 1 spiro atoms. The first kappa shape index (κ1) is 12.9. The van der Waals surface area contributed by atoms with Gasteiger partial charge in [0.25, 0.3) is 0 Å². The summed E-state index contributed by atoms with van der Waals surface area (Å²) in [6.45, 7) is 6.40. The molecule has 0 aliphatic carbocycles. The van der Waals surface area contributed by atoms with E-state index in [1.807, 2.05) is 0 Å². The third kappa shape index (κ3) is 2.15. The highest BCUT2D eigenvalue weighted by molar-refractivity contribution is 5.47. The van der Waals surface area contributed by atoms with E-state index in [2.05, 4.69) is 50.3 Å². The summed E-state index contributed by atoms with van der Waals surface area (Å²) >= 11 is 0. The predicted molar refractivity (Wildman–Crippen MR) is 77.8 cm³/mol. The van der Waals surface area contributed by atoms with Crippen molar-refractivity contribution in [2.24, 2.45) is 0 Å². The van der Waals surface area contributed by atoms with E-state index >= 15 is 0 Å². The Balaban J connectivity index is 2.09. The molecule has 0 bridgehead atoms. The van der Waals surface area contributed by atoms with Crippen LogP contribution >= 0.6 is 0 Å². The van der Waals surface area contributed by atoms with E-state index in [1.54, 1.807) is 0 Å². The van der Waals surface area contributed by atoms with Crippen LogP contribution in [0.1, 0.15) is 35.6 Å². The summed E-state index contributed by atoms with van der Waals surface area (Å²) in [5.41, 5.74) is 4.03. The van der Waals surface area contributed by atoms with Gasteiger partial charge in [0.2, 0.25) is 0 Å². The third-order valence-corrected chi connectivity index (χ3v) is 4.55. The molecule has 3 rings (SSSR count). The average molecular weight is 260 g/mol. The van der Waals surface area contributed by atoms with Crippen molar-refractivity contribution in [1.82, 2.24) is 10.2 Å². The Morgan fingerprint density at radius 2 is 2.11 bits per heavy atom. The fraction of sp³-hybridized carbons (Fsp3) is 0.625. The Morgan fingerprint density at radius 3 is 2.74 bits per heavy atom. The predicted octanol–water partition coefficient (Wildman–Crippen LogP) is 2.42. The van der Waals surface area contributed by atoms with Crippen LogP contribution in [0.2, 0.25) is 0 Å². The largest absolute Gasteiger partial charge is 0.485 e. The summed E-state index contributed by atoms with van der Waals surface area (Å²) in [5, 5.41) is 3.46. The summed E-state index contributed by atoms with van der Waals surface area (Å²) in [5.74, 6) is 1.10. The lowest BCUT2D eigenvalue weighted by atomic mass is 9.83. The van der Waals surface area contributed by atoms with Crippen LogP contribution in [0.4, 0.5) is 0 Å². The fourth-order valence-corrected chi connectivity index (χ4v) is 3.60. The number of hydrogen-bond acceptors (Lipinski definition) is 3. The number of fused-ring (bicyclic) bond motifs is 1. The Hall–Kier alpha value is -1.06. The highest BCUT2D eigenvalue weighted by atomic mass is 16.5. The topological polar surface area (TPSA) is 24.5 Å². The van der Waals surface area contributed by atoms with Crippen molar-refractivity contribution in [1.29, 1.82) is 0 Å². The van der Waals surface area contributed by atoms with E-state index in [4.69, 9.17) is 4.74 Å². The van der Waals surface area contributed by atoms with Crippen LogP contribution in [0.25, 0.3) is 0 Å². The molecule has 19 heavy (non-hydrogen) atoms. The van der Waals surface area contributed by atoms with E-state index in [0.29, 0.717) is 6.04 Å². The van der Waals surface area contributed by atoms with Gasteiger partial charge < -0.3 is 15.0 Å². The molecule has 2 unspecified atom stereocenters. The summed E-state index contributed by atoms with van der Waals surface area (Å²) in [4.78, 5) is 2.34. The van der Waals surface area contributed by atoms with Crippen LogP contribution in [0.15, 0.2) is 12.1 Å². The number of nitrogens with one attached hydrogen (secondary N) is 1. The lowest BCUT2D eigenvalue weighted by Crippen LogP contribution is -2.45. The second-order valence-corrected chi connectivity index (χ2v) is 6.39. The molecule has 0 radical (unpaired) electrons. The second-order valence-electron chi connectivity index (χ2n) is 6.39. The highest BCUT2D eigenvalue weighted by Crippen LogP contribution is 2.45. The number of benzene rings is 1. The smallest absolute Gasteiger partial charge is 0.125 e. The zero-order valence-electron chi connectivity index (χ0n) is 12.4. The highest BCUT2D eigenvalue weighted by Gasteiger charge is 2.44. The minimum atomic E-state index is 0.00215. The number of rotatable bonds is 1. The number of nitrogens with zero attached hydrogens (tertiary/aromatic N) is 1. The van der Waals surface area contributed by atoms with Crippen molar-refractivity contribution in [2.45, 2.75) is 38.3 Å². The SMILES string of the molecule is Cc1cc(C)c2c(c1)OC1(CCNC1)CC2N(C)C. The van der Waals surface area contributed by atoms with Crippen LogP contribution in [0.3, 0.4) is 0 Å². The van der Waals surface area contributed by atoms with Gasteiger partial charge in [-0.1, -0.05) is 6.07 Å². The molecule has 1 aromatic rings. The summed E-state index contributed by atoms with van der Waals surface area (Å²) in [6, 6.07) is 4.94. The van der Waals surface area contributed by atoms with Crippen LogP contribution in [-0.4, -0.2) is 37.7 Å². The first-order valence-corrected chi connectivity index (χ1v) is 7.18. The first-order chi connectivity index (χ1) is 9.01. The Bertz CT molecular complexity index is 490. The normalized spacial score (nSPS) is 29.6. The molecule has 2 aliphatic heterocycles. The second kappa shape index (κ2) is 4.50. The van der Waals surface area contributed by atoms with E-state index < -0.39 is 0 Å². The molecule has 1 fully saturated rings. The molecule has 0 aromatic heterocycles. The van der Waals surface area contributed by atoms with Crippen LogP contribution in [-0.2, 0) is 0 Å². The van der Waals surface area contributed by atoms with Gasteiger partial charge in [0, 0.05) is 31.0 Å². The molecular formula is C16H24N2O. The lowest BCUT2D eigenvalue weighted by Gasteiger charge is -2.42. The number of aryl methyl sites for hydroxylation is 2. The maximum Gasteiger partial charge on any atom is 0.125 e. The average Bonchev–Trinajstić information content (AvgIpc) is 2.75. The van der Waals surface area contributed by atoms with E-state index in [1.165, 1.54) is 16.7 Å². The molecule has 1 aromatic carbocycles. The lowest BCUT2D eigenvalue weighted by molar-refractivity contribution is 0.0285. The van der Waals surface area contributed by atoms with Crippen LogP contribution in [0.5, 0.6) is 5.75 Å². The van der Waals surface area contributed by atoms with E-state index in [9.17, 15) is 0 Å². The molecule has 1 saturated heterocycles. The third-order valence-electron chi connectivity index (χ3n) is 4.55. The molecule has 3 nitrogen and oxygen atoms in total. The zero-order valence-corrected chi connectivity index (χ0v) is 12.4. The summed E-state index contributed by atoms with van der Waals surface area (Å²) < 4.78 is 6.43. The van der Waals surface area contributed by atoms with Crippen molar-refractivity contribution < 1.29 is 4.74 Å². The molecule has 104 valence electrons. The Labute approximate surface area is 115 Å². The molecule has 0 saturated carbocycles. The van der Waals surface area contributed by atoms with Gasteiger partial charge in [-0.2, -0.15) is 0 Å². The maximum absolute atomic E-state index is 6.43. The Morgan fingerprint density at radius 1 is 1.32 bits per heavy atom. The molecule has 3 heteroatoms. The first-order valence-electron chi connectivity index (χ1n) is 7.18. The number of hydrogen-bond donors (Lipinski definition) is 1. The summed E-state index contributed by atoms with van der Waals surface area (Å²) in [7, 11) is 4.35. The van der Waals surface area contributed by atoms with Gasteiger partial charge in [-0.05, 0) is 51.7 Å². The standard InChI is InChI=1S/C16H24N2O/c1-11-7-12(2)15-13(18(3)4)9-16(5-6-17-10-16)19-14(15)8-11/h7-8,13,17H,5-6,9-10H2,1-4H3.